The van der Waals surface area contributed by atoms with E-state index in [2.05, 4.69) is 15.0 Å². The number of sulfonamides is 1. The average molecular weight is 403 g/mol. The van der Waals surface area contributed by atoms with Crippen LogP contribution < -0.4 is 14.8 Å². The summed E-state index contributed by atoms with van der Waals surface area (Å²) in [6, 6.07) is 12.8. The molecule has 27 heavy (non-hydrogen) atoms. The van der Waals surface area contributed by atoms with Crippen molar-refractivity contribution in [1.29, 1.82) is 0 Å². The second-order valence-electron chi connectivity index (χ2n) is 5.35. The second kappa shape index (κ2) is 8.19. The van der Waals surface area contributed by atoms with Crippen molar-refractivity contribution in [2.45, 2.75) is 11.8 Å². The summed E-state index contributed by atoms with van der Waals surface area (Å²) in [6.07, 6.45) is 1.52. The number of ether oxygens (including phenoxy) is 1. The summed E-state index contributed by atoms with van der Waals surface area (Å²) >= 11 is 1.19. The van der Waals surface area contributed by atoms with Gasteiger partial charge in [0, 0.05) is 17.3 Å². The number of anilines is 2. The standard InChI is InChI=1S/C18H17N3O4S2/c1-2-25-16-6-4-3-5-15(16)17(22)20-13-7-9-14(10-8-13)27(23,24)21-18-19-11-12-26-18/h3-12H,2H2,1H3,(H,19,21)(H,20,22). The zero-order chi connectivity index (χ0) is 19.3. The highest BCUT2D eigenvalue weighted by Gasteiger charge is 2.16. The van der Waals surface area contributed by atoms with Gasteiger partial charge >= 0.3 is 0 Å². The van der Waals surface area contributed by atoms with Gasteiger partial charge in [-0.1, -0.05) is 12.1 Å². The van der Waals surface area contributed by atoms with Gasteiger partial charge in [-0.25, -0.2) is 13.4 Å². The van der Waals surface area contributed by atoms with Crippen LogP contribution in [0.15, 0.2) is 65.0 Å². The van der Waals surface area contributed by atoms with Crippen molar-refractivity contribution in [3.05, 3.63) is 65.7 Å². The number of para-hydroxylation sites is 1. The zero-order valence-electron chi connectivity index (χ0n) is 14.4. The minimum Gasteiger partial charge on any atom is -0.493 e. The smallest absolute Gasteiger partial charge is 0.263 e. The lowest BCUT2D eigenvalue weighted by atomic mass is 10.2. The number of carbonyl (C=O) groups is 1. The molecule has 1 amide bonds. The van der Waals surface area contributed by atoms with Crippen LogP contribution in [0.5, 0.6) is 5.75 Å². The third kappa shape index (κ3) is 4.63. The quantitative estimate of drug-likeness (QED) is 0.628. The summed E-state index contributed by atoms with van der Waals surface area (Å²) in [5, 5.41) is 4.71. The molecule has 0 saturated carbocycles. The number of aromatic nitrogens is 1. The second-order valence-corrected chi connectivity index (χ2v) is 7.93. The maximum Gasteiger partial charge on any atom is 0.263 e. The zero-order valence-corrected chi connectivity index (χ0v) is 16.0. The van der Waals surface area contributed by atoms with Gasteiger partial charge in [0.05, 0.1) is 17.1 Å². The number of amides is 1. The molecule has 0 radical (unpaired) electrons. The van der Waals surface area contributed by atoms with Crippen molar-refractivity contribution in [2.24, 2.45) is 0 Å². The van der Waals surface area contributed by atoms with Crippen molar-refractivity contribution in [2.75, 3.05) is 16.6 Å². The Morgan fingerprint density at radius 2 is 1.89 bits per heavy atom. The molecule has 7 nitrogen and oxygen atoms in total. The molecule has 0 spiro atoms. The summed E-state index contributed by atoms with van der Waals surface area (Å²) in [5.41, 5.74) is 0.876. The van der Waals surface area contributed by atoms with Gasteiger partial charge in [-0.2, -0.15) is 0 Å². The number of hydrogen-bond acceptors (Lipinski definition) is 6. The molecule has 0 aliphatic rings. The van der Waals surface area contributed by atoms with Gasteiger partial charge in [-0.05, 0) is 43.3 Å². The fourth-order valence-electron chi connectivity index (χ4n) is 2.30. The molecule has 0 saturated heterocycles. The summed E-state index contributed by atoms with van der Waals surface area (Å²) in [6.45, 7) is 2.29. The summed E-state index contributed by atoms with van der Waals surface area (Å²) in [4.78, 5) is 16.4. The Bertz CT molecular complexity index is 1020. The topological polar surface area (TPSA) is 97.4 Å². The largest absolute Gasteiger partial charge is 0.493 e. The third-order valence-corrected chi connectivity index (χ3v) is 5.68. The fourth-order valence-corrected chi connectivity index (χ4v) is 4.09. The molecule has 1 aromatic heterocycles. The Morgan fingerprint density at radius 3 is 2.56 bits per heavy atom. The highest BCUT2D eigenvalue weighted by atomic mass is 32.2. The molecule has 0 aliphatic carbocycles. The number of nitrogens with one attached hydrogen (secondary N) is 2. The Morgan fingerprint density at radius 1 is 1.15 bits per heavy atom. The van der Waals surface area contributed by atoms with Crippen molar-refractivity contribution < 1.29 is 17.9 Å². The molecule has 140 valence electrons. The summed E-state index contributed by atoms with van der Waals surface area (Å²) in [7, 11) is -3.73. The molecule has 3 aromatic rings. The lowest BCUT2D eigenvalue weighted by Crippen LogP contribution is -2.15. The first-order valence-corrected chi connectivity index (χ1v) is 10.4. The van der Waals surface area contributed by atoms with Crippen LogP contribution in [0.25, 0.3) is 0 Å². The van der Waals surface area contributed by atoms with E-state index in [9.17, 15) is 13.2 Å². The van der Waals surface area contributed by atoms with E-state index in [4.69, 9.17) is 4.74 Å². The Balaban J connectivity index is 1.73. The van der Waals surface area contributed by atoms with Crippen molar-refractivity contribution in [1.82, 2.24) is 4.98 Å². The van der Waals surface area contributed by atoms with Crippen LogP contribution in [0.3, 0.4) is 0 Å². The Kier molecular flexibility index (Phi) is 5.72. The number of carbonyl (C=O) groups excluding carboxylic acids is 1. The van der Waals surface area contributed by atoms with E-state index in [1.54, 1.807) is 29.6 Å². The van der Waals surface area contributed by atoms with Gasteiger partial charge in [0.2, 0.25) is 0 Å². The summed E-state index contributed by atoms with van der Waals surface area (Å²) < 4.78 is 32.5. The highest BCUT2D eigenvalue weighted by Crippen LogP contribution is 2.22. The minimum atomic E-state index is -3.73. The molecular formula is C18H17N3O4S2. The van der Waals surface area contributed by atoms with Crippen molar-refractivity contribution >= 4 is 38.1 Å². The van der Waals surface area contributed by atoms with Crippen LogP contribution in [0.1, 0.15) is 17.3 Å². The molecule has 0 bridgehead atoms. The van der Waals surface area contributed by atoms with Crippen LogP contribution in [0.2, 0.25) is 0 Å². The molecule has 0 aliphatic heterocycles. The van der Waals surface area contributed by atoms with E-state index >= 15 is 0 Å². The normalized spacial score (nSPS) is 11.0. The molecule has 0 unspecified atom stereocenters. The monoisotopic (exact) mass is 403 g/mol. The molecular weight excluding hydrogens is 386 g/mol. The Hall–Kier alpha value is -2.91. The van der Waals surface area contributed by atoms with Crippen LogP contribution in [-0.4, -0.2) is 25.9 Å². The van der Waals surface area contributed by atoms with Gasteiger partial charge in [-0.15, -0.1) is 11.3 Å². The predicted molar refractivity (Wildman–Crippen MR) is 105 cm³/mol. The number of nitrogens with zero attached hydrogens (tertiary/aromatic N) is 1. The molecule has 1 heterocycles. The van der Waals surface area contributed by atoms with Gasteiger partial charge in [0.1, 0.15) is 5.75 Å². The maximum absolute atomic E-state index is 12.5. The Labute approximate surface area is 161 Å². The highest BCUT2D eigenvalue weighted by molar-refractivity contribution is 7.93. The van der Waals surface area contributed by atoms with E-state index in [1.807, 2.05) is 6.92 Å². The van der Waals surface area contributed by atoms with Gasteiger partial charge in [-0.3, -0.25) is 9.52 Å². The molecule has 2 aromatic carbocycles. The molecule has 3 rings (SSSR count). The molecule has 9 heteroatoms. The number of thiazole rings is 1. The van der Waals surface area contributed by atoms with Crippen LogP contribution in [0.4, 0.5) is 10.8 Å². The van der Waals surface area contributed by atoms with E-state index in [0.29, 0.717) is 28.7 Å². The molecule has 2 N–H and O–H groups in total. The average Bonchev–Trinajstić information content (AvgIpc) is 3.15. The number of benzene rings is 2. The van der Waals surface area contributed by atoms with Crippen molar-refractivity contribution in [3.63, 3.8) is 0 Å². The SMILES string of the molecule is CCOc1ccccc1C(=O)Nc1ccc(S(=O)(=O)Nc2nccs2)cc1. The molecule has 0 atom stereocenters. The van der Waals surface area contributed by atoms with Crippen LogP contribution in [0, 0.1) is 0 Å². The first-order valence-electron chi connectivity index (χ1n) is 8.05. The maximum atomic E-state index is 12.5. The van der Waals surface area contributed by atoms with Gasteiger partial charge in [0.15, 0.2) is 5.13 Å². The van der Waals surface area contributed by atoms with Gasteiger partial charge in [0.25, 0.3) is 15.9 Å². The minimum absolute atomic E-state index is 0.0745. The van der Waals surface area contributed by atoms with Crippen molar-refractivity contribution in [3.8, 4) is 5.75 Å². The van der Waals surface area contributed by atoms with Crippen LogP contribution >= 0.6 is 11.3 Å². The number of rotatable bonds is 7. The molecule has 0 fully saturated rings. The fraction of sp³-hybridized carbons (Fsp3) is 0.111. The predicted octanol–water partition coefficient (Wildman–Crippen LogP) is 3.59. The number of hydrogen-bond donors (Lipinski definition) is 2. The lowest BCUT2D eigenvalue weighted by molar-refractivity contribution is 0.102. The van der Waals surface area contributed by atoms with E-state index in [0.717, 1.165) is 0 Å². The van der Waals surface area contributed by atoms with E-state index in [1.165, 1.54) is 41.8 Å². The van der Waals surface area contributed by atoms with E-state index in [-0.39, 0.29) is 10.8 Å². The van der Waals surface area contributed by atoms with Gasteiger partial charge < -0.3 is 10.1 Å². The summed E-state index contributed by atoms with van der Waals surface area (Å²) in [5.74, 6) is 0.153. The first kappa shape index (κ1) is 18.9. The third-order valence-electron chi connectivity index (χ3n) is 3.51. The first-order chi connectivity index (χ1) is 13.0. The van der Waals surface area contributed by atoms with E-state index < -0.39 is 10.0 Å². The van der Waals surface area contributed by atoms with Crippen LogP contribution in [-0.2, 0) is 10.0 Å². The lowest BCUT2D eigenvalue weighted by Gasteiger charge is -2.11.